The Balaban J connectivity index is 2.10. The second kappa shape index (κ2) is 5.40. The molecular formula is C13H14ClNO3. The molecule has 0 aromatic heterocycles. The molecular weight excluding hydrogens is 254 g/mol. The van der Waals surface area contributed by atoms with Gasteiger partial charge in [-0.15, -0.1) is 0 Å². The Morgan fingerprint density at radius 1 is 1.39 bits per heavy atom. The number of hydrogen-bond donors (Lipinski definition) is 1. The number of carbonyl (C=O) groups excluding carboxylic acids is 1. The van der Waals surface area contributed by atoms with Gasteiger partial charge < -0.3 is 10.0 Å². The third-order valence-corrected chi connectivity index (χ3v) is 3.12. The quantitative estimate of drug-likeness (QED) is 0.891. The van der Waals surface area contributed by atoms with E-state index in [0.29, 0.717) is 10.6 Å². The predicted molar refractivity (Wildman–Crippen MR) is 67.8 cm³/mol. The zero-order valence-corrected chi connectivity index (χ0v) is 10.6. The third-order valence-electron chi connectivity index (χ3n) is 2.89. The van der Waals surface area contributed by atoms with Crippen LogP contribution in [-0.2, 0) is 4.79 Å². The van der Waals surface area contributed by atoms with Crippen LogP contribution in [0.5, 0.6) is 0 Å². The Morgan fingerprint density at radius 3 is 2.67 bits per heavy atom. The van der Waals surface area contributed by atoms with E-state index in [4.69, 9.17) is 16.7 Å². The molecule has 0 unspecified atom stereocenters. The van der Waals surface area contributed by atoms with Crippen LogP contribution in [0, 0.1) is 0 Å². The highest BCUT2D eigenvalue weighted by atomic mass is 35.5. The van der Waals surface area contributed by atoms with Gasteiger partial charge in [-0.2, -0.15) is 0 Å². The van der Waals surface area contributed by atoms with Gasteiger partial charge in [-0.25, -0.2) is 0 Å². The fourth-order valence-electron chi connectivity index (χ4n) is 1.84. The number of halogens is 1. The van der Waals surface area contributed by atoms with Crippen molar-refractivity contribution in [2.75, 3.05) is 6.54 Å². The fourth-order valence-corrected chi connectivity index (χ4v) is 2.03. The number of amides is 1. The number of benzene rings is 1. The highest BCUT2D eigenvalue weighted by Gasteiger charge is 2.33. The summed E-state index contributed by atoms with van der Waals surface area (Å²) in [6.45, 7) is 0.255. The van der Waals surface area contributed by atoms with Gasteiger partial charge in [0.25, 0.3) is 5.91 Å². The van der Waals surface area contributed by atoms with Gasteiger partial charge in [-0.1, -0.05) is 17.7 Å². The standard InChI is InChI=1S/C13H14ClNO3/c14-10-3-1-2-9(8-10)13(18)15(11-4-5-11)7-6-12(16)17/h1-3,8,11H,4-7H2,(H,16,17). The van der Waals surface area contributed by atoms with Crippen molar-refractivity contribution in [2.24, 2.45) is 0 Å². The number of rotatable bonds is 5. The maximum absolute atomic E-state index is 12.3. The van der Waals surface area contributed by atoms with Gasteiger partial charge in [0, 0.05) is 23.2 Å². The van der Waals surface area contributed by atoms with E-state index in [1.54, 1.807) is 29.2 Å². The van der Waals surface area contributed by atoms with Gasteiger partial charge in [-0.3, -0.25) is 9.59 Å². The maximum atomic E-state index is 12.3. The molecule has 0 aliphatic heterocycles. The smallest absolute Gasteiger partial charge is 0.305 e. The van der Waals surface area contributed by atoms with E-state index in [-0.39, 0.29) is 24.9 Å². The van der Waals surface area contributed by atoms with Crippen LogP contribution in [-0.4, -0.2) is 34.5 Å². The molecule has 1 N–H and O–H groups in total. The molecule has 0 spiro atoms. The van der Waals surface area contributed by atoms with Gasteiger partial charge in [0.1, 0.15) is 0 Å². The lowest BCUT2D eigenvalue weighted by molar-refractivity contribution is -0.137. The Hall–Kier alpha value is -1.55. The minimum atomic E-state index is -0.889. The molecule has 1 saturated carbocycles. The molecule has 1 aromatic rings. The minimum Gasteiger partial charge on any atom is -0.481 e. The second-order valence-corrected chi connectivity index (χ2v) is 4.82. The maximum Gasteiger partial charge on any atom is 0.305 e. The number of carboxylic acids is 1. The summed E-state index contributed by atoms with van der Waals surface area (Å²) in [6, 6.07) is 6.93. The summed E-state index contributed by atoms with van der Waals surface area (Å²) in [4.78, 5) is 24.5. The number of hydrogen-bond acceptors (Lipinski definition) is 2. The van der Waals surface area contributed by atoms with Crippen molar-refractivity contribution in [3.8, 4) is 0 Å². The Morgan fingerprint density at radius 2 is 2.11 bits per heavy atom. The van der Waals surface area contributed by atoms with Crippen LogP contribution >= 0.6 is 11.6 Å². The Kier molecular flexibility index (Phi) is 3.87. The normalized spacial score (nSPS) is 14.3. The summed E-state index contributed by atoms with van der Waals surface area (Å²) in [7, 11) is 0. The van der Waals surface area contributed by atoms with Crippen LogP contribution in [0.3, 0.4) is 0 Å². The van der Waals surface area contributed by atoms with Crippen LogP contribution in [0.4, 0.5) is 0 Å². The van der Waals surface area contributed by atoms with Crippen LogP contribution in [0.25, 0.3) is 0 Å². The van der Waals surface area contributed by atoms with Crippen molar-refractivity contribution in [1.82, 2.24) is 4.90 Å². The minimum absolute atomic E-state index is 0.0250. The second-order valence-electron chi connectivity index (χ2n) is 4.38. The molecule has 0 atom stereocenters. The van der Waals surface area contributed by atoms with Crippen LogP contribution in [0.1, 0.15) is 29.6 Å². The van der Waals surface area contributed by atoms with Gasteiger partial charge >= 0.3 is 5.97 Å². The van der Waals surface area contributed by atoms with E-state index in [1.807, 2.05) is 0 Å². The van der Waals surface area contributed by atoms with Gasteiger partial charge in [0.2, 0.25) is 0 Å². The first kappa shape index (κ1) is 12.9. The zero-order chi connectivity index (χ0) is 13.1. The van der Waals surface area contributed by atoms with Crippen molar-refractivity contribution in [3.05, 3.63) is 34.9 Å². The molecule has 18 heavy (non-hydrogen) atoms. The molecule has 1 fully saturated rings. The van der Waals surface area contributed by atoms with Crippen LogP contribution < -0.4 is 0 Å². The first-order valence-corrected chi connectivity index (χ1v) is 6.24. The SMILES string of the molecule is O=C(O)CCN(C(=O)c1cccc(Cl)c1)C1CC1. The molecule has 1 aliphatic carbocycles. The van der Waals surface area contributed by atoms with Crippen molar-refractivity contribution in [1.29, 1.82) is 0 Å². The fraction of sp³-hybridized carbons (Fsp3) is 0.385. The number of carboxylic acid groups (broad SMARTS) is 1. The molecule has 96 valence electrons. The topological polar surface area (TPSA) is 57.6 Å². The summed E-state index contributed by atoms with van der Waals surface area (Å²) in [5.41, 5.74) is 0.514. The highest BCUT2D eigenvalue weighted by molar-refractivity contribution is 6.30. The zero-order valence-electron chi connectivity index (χ0n) is 9.80. The average Bonchev–Trinajstić information content (AvgIpc) is 3.13. The van der Waals surface area contributed by atoms with Crippen molar-refractivity contribution >= 4 is 23.5 Å². The lowest BCUT2D eigenvalue weighted by Gasteiger charge is -2.21. The molecule has 1 aliphatic rings. The predicted octanol–water partition coefficient (Wildman–Crippen LogP) is 2.42. The van der Waals surface area contributed by atoms with E-state index in [0.717, 1.165) is 12.8 Å². The molecule has 4 nitrogen and oxygen atoms in total. The monoisotopic (exact) mass is 267 g/mol. The summed E-state index contributed by atoms with van der Waals surface area (Å²) >= 11 is 5.85. The third kappa shape index (κ3) is 3.23. The van der Waals surface area contributed by atoms with E-state index in [2.05, 4.69) is 0 Å². The summed E-state index contributed by atoms with van der Waals surface area (Å²) in [5, 5.41) is 9.21. The summed E-state index contributed by atoms with van der Waals surface area (Å²) < 4.78 is 0. The van der Waals surface area contributed by atoms with E-state index in [1.165, 1.54) is 0 Å². The average molecular weight is 268 g/mol. The molecule has 1 aromatic carbocycles. The molecule has 0 radical (unpaired) electrons. The van der Waals surface area contributed by atoms with Gasteiger partial charge in [0.05, 0.1) is 6.42 Å². The van der Waals surface area contributed by atoms with E-state index in [9.17, 15) is 9.59 Å². The number of nitrogens with zero attached hydrogens (tertiary/aromatic N) is 1. The summed E-state index contributed by atoms with van der Waals surface area (Å²) in [5.74, 6) is -1.03. The summed E-state index contributed by atoms with van der Waals surface area (Å²) in [6.07, 6.45) is 1.88. The molecule has 0 saturated heterocycles. The molecule has 5 heteroatoms. The lowest BCUT2D eigenvalue weighted by atomic mass is 10.2. The van der Waals surface area contributed by atoms with Crippen LogP contribution in [0.2, 0.25) is 5.02 Å². The Labute approximate surface area is 110 Å². The van der Waals surface area contributed by atoms with Crippen molar-refractivity contribution in [2.45, 2.75) is 25.3 Å². The number of carbonyl (C=O) groups is 2. The van der Waals surface area contributed by atoms with Crippen LogP contribution in [0.15, 0.2) is 24.3 Å². The molecule has 0 bridgehead atoms. The number of aliphatic carboxylic acids is 1. The molecule has 1 amide bonds. The van der Waals surface area contributed by atoms with Gasteiger partial charge in [0.15, 0.2) is 0 Å². The van der Waals surface area contributed by atoms with E-state index >= 15 is 0 Å². The van der Waals surface area contributed by atoms with Gasteiger partial charge in [-0.05, 0) is 31.0 Å². The lowest BCUT2D eigenvalue weighted by Crippen LogP contribution is -2.35. The van der Waals surface area contributed by atoms with E-state index < -0.39 is 5.97 Å². The first-order valence-electron chi connectivity index (χ1n) is 5.86. The Bertz CT molecular complexity index is 471. The highest BCUT2D eigenvalue weighted by Crippen LogP contribution is 2.28. The first-order chi connectivity index (χ1) is 8.58. The molecule has 0 heterocycles. The van der Waals surface area contributed by atoms with Crippen molar-refractivity contribution < 1.29 is 14.7 Å². The largest absolute Gasteiger partial charge is 0.481 e. The van der Waals surface area contributed by atoms with Crippen molar-refractivity contribution in [3.63, 3.8) is 0 Å². The molecule has 2 rings (SSSR count).